The fourth-order valence-electron chi connectivity index (χ4n) is 2.50. The molecule has 0 N–H and O–H groups in total. The molecule has 0 fully saturated rings. The van der Waals surface area contributed by atoms with Crippen LogP contribution in [-0.2, 0) is 21.1 Å². The summed E-state index contributed by atoms with van der Waals surface area (Å²) in [5.74, 6) is 2.35. The second kappa shape index (κ2) is 8.76. The molecule has 0 aliphatic rings. The van der Waals surface area contributed by atoms with Crippen molar-refractivity contribution in [2.45, 2.75) is 40.2 Å². The number of rotatable bonds is 6. The van der Waals surface area contributed by atoms with E-state index in [0.717, 1.165) is 28.2 Å². The van der Waals surface area contributed by atoms with Crippen LogP contribution in [0.4, 0.5) is 0 Å². The molecule has 4 heteroatoms. The molecule has 0 heterocycles. The number of ether oxygens (including phenoxy) is 3. The molecule has 0 spiro atoms. The van der Waals surface area contributed by atoms with Crippen molar-refractivity contribution >= 4 is 0 Å². The third kappa shape index (κ3) is 5.50. The van der Waals surface area contributed by atoms with Crippen molar-refractivity contribution in [2.75, 3.05) is 13.7 Å². The van der Waals surface area contributed by atoms with Crippen molar-refractivity contribution < 1.29 is 35.3 Å². The second-order valence-corrected chi connectivity index (χ2v) is 6.52. The molecule has 0 aliphatic heterocycles. The van der Waals surface area contributed by atoms with E-state index in [0.29, 0.717) is 12.4 Å². The van der Waals surface area contributed by atoms with Crippen LogP contribution in [0.1, 0.15) is 29.2 Å². The van der Waals surface area contributed by atoms with E-state index in [9.17, 15) is 0 Å². The van der Waals surface area contributed by atoms with Crippen LogP contribution in [0.3, 0.4) is 0 Å². The minimum Gasteiger partial charge on any atom is -0.554 e. The van der Waals surface area contributed by atoms with Crippen LogP contribution in [0.15, 0.2) is 24.3 Å². The van der Waals surface area contributed by atoms with Gasteiger partial charge < -0.3 is 14.2 Å². The fraction of sp³-hybridized carbons (Fsp3) is 0.381. The topological polar surface area (TPSA) is 27.7 Å². The Bertz CT molecular complexity index is 706. The molecule has 0 saturated heterocycles. The molecule has 3 nitrogen and oxygen atoms in total. The van der Waals surface area contributed by atoms with Crippen molar-refractivity contribution in [1.82, 2.24) is 0 Å². The standard InChI is InChI=1S/C21H26O3.W/c1-14-8-10-18(11-9-14)23-13-21(5,6)24-19-12-15(2)20(22-7)17(4)16(19)3;/h8-11H,5,13H2,1-4,6-7H3;/q-2;+2. The SMILES string of the molecule is [CH2-]C(C)(COc1ccc(C)cc1)Oc1[c-]c(C)c(OC)c(C)c1C.[W+2]. The second-order valence-electron chi connectivity index (χ2n) is 6.52. The van der Waals surface area contributed by atoms with E-state index in [4.69, 9.17) is 14.2 Å². The number of hydrogen-bond donors (Lipinski definition) is 0. The van der Waals surface area contributed by atoms with Crippen LogP contribution >= 0.6 is 0 Å². The van der Waals surface area contributed by atoms with Gasteiger partial charge in [-0.05, 0) is 19.1 Å². The molecule has 134 valence electrons. The first-order valence-corrected chi connectivity index (χ1v) is 8.04. The Morgan fingerprint density at radius 1 is 1.04 bits per heavy atom. The molecular formula is C21H26O3W. The Balaban J connectivity index is 0.00000312. The maximum atomic E-state index is 6.09. The summed E-state index contributed by atoms with van der Waals surface area (Å²) in [4.78, 5) is 0. The average molecular weight is 510 g/mol. The minimum atomic E-state index is -0.723. The normalized spacial score (nSPS) is 12.8. The van der Waals surface area contributed by atoms with Crippen molar-refractivity contribution in [2.24, 2.45) is 0 Å². The number of methoxy groups -OCH3 is 1. The van der Waals surface area contributed by atoms with E-state index >= 15 is 0 Å². The maximum Gasteiger partial charge on any atom is 2.00 e. The summed E-state index contributed by atoms with van der Waals surface area (Å²) in [6.07, 6.45) is 0. The van der Waals surface area contributed by atoms with Crippen molar-refractivity contribution in [3.63, 3.8) is 0 Å². The number of aryl methyl sites for hydroxylation is 2. The van der Waals surface area contributed by atoms with Crippen LogP contribution in [0.25, 0.3) is 0 Å². The van der Waals surface area contributed by atoms with E-state index in [1.165, 1.54) is 5.56 Å². The molecule has 0 radical (unpaired) electrons. The van der Waals surface area contributed by atoms with Gasteiger partial charge in [-0.1, -0.05) is 45.4 Å². The molecule has 2 aromatic carbocycles. The van der Waals surface area contributed by atoms with Gasteiger partial charge in [0.15, 0.2) is 0 Å². The smallest absolute Gasteiger partial charge is 0.554 e. The molecule has 0 saturated carbocycles. The van der Waals surface area contributed by atoms with Crippen LogP contribution in [0.5, 0.6) is 17.2 Å². The first-order valence-electron chi connectivity index (χ1n) is 8.04. The Labute approximate surface area is 166 Å². The van der Waals surface area contributed by atoms with Crippen LogP contribution in [0.2, 0.25) is 0 Å². The summed E-state index contributed by atoms with van der Waals surface area (Å²) >= 11 is 0. The summed E-state index contributed by atoms with van der Waals surface area (Å²) in [7, 11) is 1.67. The first kappa shape index (κ1) is 21.6. The molecule has 1 unspecified atom stereocenters. The summed E-state index contributed by atoms with van der Waals surface area (Å²) in [5, 5.41) is 0. The summed E-state index contributed by atoms with van der Waals surface area (Å²) < 4.78 is 17.3. The van der Waals surface area contributed by atoms with Gasteiger partial charge in [-0.15, -0.1) is 22.8 Å². The number of hydrogen-bond acceptors (Lipinski definition) is 3. The Kier molecular flexibility index (Phi) is 7.56. The zero-order valence-electron chi connectivity index (χ0n) is 15.9. The van der Waals surface area contributed by atoms with Gasteiger partial charge in [0.25, 0.3) is 0 Å². The zero-order chi connectivity index (χ0) is 17.9. The largest absolute Gasteiger partial charge is 2.00 e. The van der Waals surface area contributed by atoms with E-state index < -0.39 is 5.60 Å². The zero-order valence-corrected chi connectivity index (χ0v) is 18.8. The molecular weight excluding hydrogens is 484 g/mol. The van der Waals surface area contributed by atoms with Crippen LogP contribution in [0, 0.1) is 40.7 Å². The monoisotopic (exact) mass is 510 g/mol. The summed E-state index contributed by atoms with van der Waals surface area (Å²) in [5.41, 5.74) is 3.46. The van der Waals surface area contributed by atoms with E-state index in [1.54, 1.807) is 7.11 Å². The molecule has 1 atom stereocenters. The van der Waals surface area contributed by atoms with Gasteiger partial charge in [0.1, 0.15) is 5.75 Å². The minimum absolute atomic E-state index is 0. The van der Waals surface area contributed by atoms with Gasteiger partial charge >= 0.3 is 21.1 Å². The predicted molar refractivity (Wildman–Crippen MR) is 97.1 cm³/mol. The number of benzene rings is 2. The predicted octanol–water partition coefficient (Wildman–Crippen LogP) is 4.78. The Morgan fingerprint density at radius 3 is 2.20 bits per heavy atom. The third-order valence-electron chi connectivity index (χ3n) is 4.00. The molecule has 2 aromatic rings. The summed E-state index contributed by atoms with van der Waals surface area (Å²) in [6.45, 7) is 14.4. The van der Waals surface area contributed by atoms with E-state index in [2.05, 4.69) is 13.0 Å². The van der Waals surface area contributed by atoms with Gasteiger partial charge in [0.05, 0.1) is 13.7 Å². The molecule has 2 rings (SSSR count). The average Bonchev–Trinajstić information content (AvgIpc) is 2.52. The quantitative estimate of drug-likeness (QED) is 0.524. The van der Waals surface area contributed by atoms with Crippen molar-refractivity contribution in [3.05, 3.63) is 59.5 Å². The summed E-state index contributed by atoms with van der Waals surface area (Å²) in [6, 6.07) is 11.2. The Morgan fingerprint density at radius 2 is 1.64 bits per heavy atom. The molecule has 25 heavy (non-hydrogen) atoms. The van der Waals surface area contributed by atoms with Gasteiger partial charge in [0, 0.05) is 17.1 Å². The van der Waals surface area contributed by atoms with Crippen LogP contribution < -0.4 is 14.2 Å². The van der Waals surface area contributed by atoms with E-state index in [1.807, 2.05) is 58.9 Å². The van der Waals surface area contributed by atoms with E-state index in [-0.39, 0.29) is 21.1 Å². The van der Waals surface area contributed by atoms with Gasteiger partial charge in [-0.25, -0.2) is 0 Å². The fourth-order valence-corrected chi connectivity index (χ4v) is 2.50. The third-order valence-corrected chi connectivity index (χ3v) is 4.00. The van der Waals surface area contributed by atoms with Gasteiger partial charge in [-0.3, -0.25) is 6.92 Å². The Hall–Kier alpha value is -1.47. The first-order chi connectivity index (χ1) is 11.2. The van der Waals surface area contributed by atoms with Gasteiger partial charge in [-0.2, -0.15) is 0 Å². The van der Waals surface area contributed by atoms with Crippen molar-refractivity contribution in [3.8, 4) is 17.2 Å². The molecule has 0 amide bonds. The molecule has 0 bridgehead atoms. The van der Waals surface area contributed by atoms with Crippen LogP contribution in [-0.4, -0.2) is 19.3 Å². The maximum absolute atomic E-state index is 6.09. The van der Waals surface area contributed by atoms with Crippen molar-refractivity contribution in [1.29, 1.82) is 0 Å². The van der Waals surface area contributed by atoms with Gasteiger partial charge in [0.2, 0.25) is 0 Å². The molecule has 0 aromatic heterocycles. The molecule has 0 aliphatic carbocycles.